The Kier molecular flexibility index (Phi) is 23.1. The molecular weight excluding hydrogens is 849 g/mol. The van der Waals surface area contributed by atoms with Crippen LogP contribution in [0.15, 0.2) is 25.3 Å². The van der Waals surface area contributed by atoms with E-state index in [9.17, 15) is 28.8 Å². The zero-order valence-electron chi connectivity index (χ0n) is 40.5. The molecule has 4 saturated carbocycles. The molecule has 16 nitrogen and oxygen atoms in total. The molecule has 4 aliphatic carbocycles. The zero-order chi connectivity index (χ0) is 48.0. The highest BCUT2D eigenvalue weighted by molar-refractivity contribution is 5.84. The lowest BCUT2D eigenvalue weighted by Crippen LogP contribution is -2.49. The van der Waals surface area contributed by atoms with Crippen LogP contribution in [-0.2, 0) is 42.8 Å². The fourth-order valence-corrected chi connectivity index (χ4v) is 10.1. The number of carbonyl (C=O) groups is 6. The number of ether oxygens (including phenoxy) is 6. The largest absolute Gasteiger partial charge is 0.459 e. The number of alkyl carbamates (subject to hydrolysis) is 3. The molecule has 0 aromatic rings. The van der Waals surface area contributed by atoms with Crippen LogP contribution in [0.1, 0.15) is 163 Å². The minimum atomic E-state index is -0.944. The number of amides is 4. The third-order valence-electron chi connectivity index (χ3n) is 14.0. The van der Waals surface area contributed by atoms with Crippen molar-refractivity contribution in [3.63, 3.8) is 0 Å². The third kappa shape index (κ3) is 21.1. The highest BCUT2D eigenvalue weighted by Crippen LogP contribution is 2.37. The molecule has 4 aliphatic rings. The van der Waals surface area contributed by atoms with Crippen molar-refractivity contribution in [2.75, 3.05) is 33.0 Å². The lowest BCUT2D eigenvalue weighted by molar-refractivity contribution is -0.144. The van der Waals surface area contributed by atoms with E-state index in [1.165, 1.54) is 12.8 Å². The van der Waals surface area contributed by atoms with Crippen LogP contribution in [0.4, 0.5) is 14.4 Å². The number of hydrogen-bond donors (Lipinski definition) is 4. The molecule has 0 aromatic carbocycles. The number of hydrogen-bond acceptors (Lipinski definition) is 12. The first-order valence-electron chi connectivity index (χ1n) is 24.9. The van der Waals surface area contributed by atoms with E-state index in [1.54, 1.807) is 0 Å². The molecule has 4 amide bonds. The normalized spacial score (nSPS) is 25.8. The summed E-state index contributed by atoms with van der Waals surface area (Å²) in [6.07, 6.45) is 21.5. The maximum atomic E-state index is 13.3. The molecule has 0 aromatic heterocycles. The van der Waals surface area contributed by atoms with Crippen molar-refractivity contribution in [2.24, 2.45) is 23.7 Å². The Morgan fingerprint density at radius 3 is 1.20 bits per heavy atom. The summed E-state index contributed by atoms with van der Waals surface area (Å²) in [6.45, 7) is 14.7. The highest BCUT2D eigenvalue weighted by Gasteiger charge is 2.34. The number of nitrogens with one attached hydrogen (secondary N) is 4. The van der Waals surface area contributed by atoms with Crippen LogP contribution in [-0.4, -0.2) is 105 Å². The highest BCUT2D eigenvalue weighted by atomic mass is 16.6. The Morgan fingerprint density at radius 2 is 0.818 bits per heavy atom. The van der Waals surface area contributed by atoms with Crippen molar-refractivity contribution in [1.82, 2.24) is 21.3 Å². The average molecular weight is 931 g/mol. The Labute approximate surface area is 393 Å². The summed E-state index contributed by atoms with van der Waals surface area (Å²) in [6, 6.07) is 0.464. The van der Waals surface area contributed by atoms with Gasteiger partial charge in [0.05, 0.1) is 0 Å². The van der Waals surface area contributed by atoms with Gasteiger partial charge in [0.1, 0.15) is 37.6 Å². The van der Waals surface area contributed by atoms with Gasteiger partial charge in [0, 0.05) is 42.9 Å². The van der Waals surface area contributed by atoms with E-state index < -0.39 is 35.3 Å². The Morgan fingerprint density at radius 1 is 0.470 bits per heavy atom. The summed E-state index contributed by atoms with van der Waals surface area (Å²) in [5, 5.41) is 12.2. The summed E-state index contributed by atoms with van der Waals surface area (Å²) < 4.78 is 31.9. The van der Waals surface area contributed by atoms with Gasteiger partial charge in [-0.15, -0.1) is 0 Å². The first-order valence-corrected chi connectivity index (χ1v) is 24.9. The van der Waals surface area contributed by atoms with Crippen molar-refractivity contribution in [2.45, 2.75) is 198 Å². The summed E-state index contributed by atoms with van der Waals surface area (Å²) in [4.78, 5) is 72.6. The quantitative estimate of drug-likeness (QED) is 0.0311. The van der Waals surface area contributed by atoms with E-state index in [1.807, 2.05) is 27.7 Å². The molecular formula is C50H82N4O12. The summed E-state index contributed by atoms with van der Waals surface area (Å²) in [5.74, 6) is 1.41. The van der Waals surface area contributed by atoms with E-state index in [0.717, 1.165) is 128 Å². The molecule has 4 rings (SSSR count). The molecule has 0 saturated heterocycles. The average Bonchev–Trinajstić information content (AvgIpc) is 3.28. The third-order valence-corrected chi connectivity index (χ3v) is 14.0. The second-order valence-electron chi connectivity index (χ2n) is 20.2. The molecule has 0 bridgehead atoms. The van der Waals surface area contributed by atoms with Crippen molar-refractivity contribution < 1.29 is 57.2 Å². The van der Waals surface area contributed by atoms with Gasteiger partial charge < -0.3 is 49.7 Å². The molecule has 4 fully saturated rings. The van der Waals surface area contributed by atoms with E-state index in [-0.39, 0.29) is 62.6 Å². The standard InChI is InChI=1S/C50H82N4O12/c1-7-43(55)61-29-31-63-46(58)52-40-21-13-36(14-22-40)33-35-11-19-39(20-12-35)51-45(57)50(5,6)65-28-10-9-27-49(3,4)66-48(60)54-42-25-17-38(18-26-42)34-37-15-23-41(24-16-37)53-47(59)64-32-30-62-44(56)8-2/h7-8,35-42H,1-2,9-34H2,3-6H3,(H,51,57)(H,52,58)(H,53,59)(H,54,60). The molecule has 0 spiro atoms. The van der Waals surface area contributed by atoms with E-state index >= 15 is 0 Å². The van der Waals surface area contributed by atoms with E-state index in [4.69, 9.17) is 28.4 Å². The molecule has 16 heteroatoms. The van der Waals surface area contributed by atoms with Crippen molar-refractivity contribution in [1.29, 1.82) is 0 Å². The van der Waals surface area contributed by atoms with Crippen LogP contribution in [0.2, 0.25) is 0 Å². The Hall–Kier alpha value is -4.34. The fraction of sp³-hybridized carbons (Fsp3) is 0.800. The van der Waals surface area contributed by atoms with Crippen molar-refractivity contribution >= 4 is 36.1 Å². The first kappa shape index (κ1) is 54.3. The van der Waals surface area contributed by atoms with Gasteiger partial charge in [-0.2, -0.15) is 0 Å². The maximum Gasteiger partial charge on any atom is 0.407 e. The van der Waals surface area contributed by atoms with Crippen LogP contribution < -0.4 is 21.3 Å². The molecule has 0 radical (unpaired) electrons. The number of unbranched alkanes of at least 4 members (excludes halogenated alkanes) is 1. The van der Waals surface area contributed by atoms with Crippen LogP contribution >= 0.6 is 0 Å². The van der Waals surface area contributed by atoms with Gasteiger partial charge in [0.15, 0.2) is 0 Å². The molecule has 0 heterocycles. The lowest BCUT2D eigenvalue weighted by atomic mass is 9.75. The number of rotatable bonds is 24. The zero-order valence-corrected chi connectivity index (χ0v) is 40.5. The van der Waals surface area contributed by atoms with Gasteiger partial charge in [-0.25, -0.2) is 24.0 Å². The Bertz CT molecular complexity index is 1560. The molecule has 374 valence electrons. The van der Waals surface area contributed by atoms with Gasteiger partial charge in [-0.3, -0.25) is 4.79 Å². The predicted molar refractivity (Wildman–Crippen MR) is 249 cm³/mol. The van der Waals surface area contributed by atoms with Crippen LogP contribution in [0, 0.1) is 23.7 Å². The van der Waals surface area contributed by atoms with Crippen LogP contribution in [0.5, 0.6) is 0 Å². The molecule has 66 heavy (non-hydrogen) atoms. The van der Waals surface area contributed by atoms with Crippen LogP contribution in [0.25, 0.3) is 0 Å². The second kappa shape index (κ2) is 28.1. The van der Waals surface area contributed by atoms with Crippen molar-refractivity contribution in [3.05, 3.63) is 25.3 Å². The van der Waals surface area contributed by atoms with Crippen LogP contribution in [0.3, 0.4) is 0 Å². The fourth-order valence-electron chi connectivity index (χ4n) is 10.1. The monoisotopic (exact) mass is 931 g/mol. The molecule has 0 unspecified atom stereocenters. The van der Waals surface area contributed by atoms with Gasteiger partial charge in [0.25, 0.3) is 5.91 Å². The summed E-state index contributed by atoms with van der Waals surface area (Å²) in [7, 11) is 0. The number of carbonyl (C=O) groups excluding carboxylic acids is 6. The van der Waals surface area contributed by atoms with Gasteiger partial charge in [-0.05, 0) is 186 Å². The van der Waals surface area contributed by atoms with Gasteiger partial charge in [-0.1, -0.05) is 13.2 Å². The topological polar surface area (TPSA) is 206 Å². The Balaban J connectivity index is 0.985. The van der Waals surface area contributed by atoms with Gasteiger partial charge in [0.2, 0.25) is 0 Å². The SMILES string of the molecule is C=CC(=O)OCCOC(=O)NC1CCC(CC2CCC(NC(=O)OC(C)(C)CCCCOC(C)(C)C(=O)NC3CCC(CC4CCC(NC(=O)OCCOC(=O)C=C)CC4)CC3)CC2)CC1. The van der Waals surface area contributed by atoms with E-state index in [2.05, 4.69) is 34.4 Å². The minimum absolute atomic E-state index is 0.00420. The minimum Gasteiger partial charge on any atom is -0.459 e. The summed E-state index contributed by atoms with van der Waals surface area (Å²) in [5.41, 5.74) is -1.57. The van der Waals surface area contributed by atoms with E-state index in [0.29, 0.717) is 36.7 Å². The lowest BCUT2D eigenvalue weighted by Gasteiger charge is -2.35. The molecule has 0 atom stereocenters. The summed E-state index contributed by atoms with van der Waals surface area (Å²) >= 11 is 0. The van der Waals surface area contributed by atoms with Gasteiger partial charge >= 0.3 is 30.2 Å². The van der Waals surface area contributed by atoms with Crippen molar-refractivity contribution in [3.8, 4) is 0 Å². The predicted octanol–water partition coefficient (Wildman–Crippen LogP) is 8.50. The maximum absolute atomic E-state index is 13.3. The second-order valence-corrected chi connectivity index (χ2v) is 20.2. The molecule has 0 aliphatic heterocycles. The molecule has 4 N–H and O–H groups in total. The number of esters is 2. The first-order chi connectivity index (χ1) is 31.5. The smallest absolute Gasteiger partial charge is 0.407 e.